The molecule has 5 heteroatoms. The molecule has 2 rings (SSSR count). The molecule has 1 fully saturated rings. The quantitative estimate of drug-likeness (QED) is 0.776. The second-order valence-corrected chi connectivity index (χ2v) is 4.29. The van der Waals surface area contributed by atoms with Crippen LogP contribution in [0.1, 0.15) is 24.5 Å². The maximum atomic E-state index is 12.0. The highest BCUT2D eigenvalue weighted by molar-refractivity contribution is 5.82. The Morgan fingerprint density at radius 3 is 2.76 bits per heavy atom. The van der Waals surface area contributed by atoms with E-state index in [4.69, 9.17) is 5.73 Å². The summed E-state index contributed by atoms with van der Waals surface area (Å²) in [7, 11) is 0. The van der Waals surface area contributed by atoms with E-state index in [1.807, 2.05) is 0 Å². The van der Waals surface area contributed by atoms with Gasteiger partial charge in [0.1, 0.15) is 12.1 Å². The number of hydrogen-bond acceptors (Lipinski definition) is 4. The van der Waals surface area contributed by atoms with Crippen LogP contribution in [0.25, 0.3) is 0 Å². The number of likely N-dealkylation sites (tertiary alicyclic amines) is 1. The van der Waals surface area contributed by atoms with Crippen LogP contribution in [0.5, 0.6) is 0 Å². The van der Waals surface area contributed by atoms with Crippen LogP contribution in [0.2, 0.25) is 0 Å². The Bertz CT molecular complexity index is 377. The van der Waals surface area contributed by atoms with E-state index in [2.05, 4.69) is 4.98 Å². The van der Waals surface area contributed by atoms with E-state index in [0.717, 1.165) is 25.9 Å². The number of rotatable bonds is 3. The van der Waals surface area contributed by atoms with Gasteiger partial charge in [-0.15, -0.1) is 0 Å². The van der Waals surface area contributed by atoms with Crippen LogP contribution >= 0.6 is 0 Å². The lowest BCUT2D eigenvalue weighted by Gasteiger charge is -2.23. The third-order valence-corrected chi connectivity index (χ3v) is 3.07. The fourth-order valence-corrected chi connectivity index (χ4v) is 2.04. The first kappa shape index (κ1) is 12.0. The molecule has 5 nitrogen and oxygen atoms in total. The number of hydrogen-bond donors (Lipinski definition) is 2. The smallest absolute Gasteiger partial charge is 0.242 e. The number of nitrogens with two attached hydrogens (primary N) is 1. The topological polar surface area (TPSA) is 79.5 Å². The van der Waals surface area contributed by atoms with Gasteiger partial charge in [0.05, 0.1) is 0 Å². The molecule has 0 spiro atoms. The molecule has 0 bridgehead atoms. The standard InChI is InChI=1S/C12H17N3O2/c13-10(12(17)15-6-1-2-7-15)11(16)9-4-3-5-14-8-9/h3-5,8,10-11,16H,1-2,6-7,13H2/t10-,11+/m0/s1. The van der Waals surface area contributed by atoms with Gasteiger partial charge >= 0.3 is 0 Å². The van der Waals surface area contributed by atoms with Crippen molar-refractivity contribution >= 4 is 5.91 Å². The normalized spacial score (nSPS) is 19.1. The van der Waals surface area contributed by atoms with Crippen molar-refractivity contribution in [2.24, 2.45) is 5.73 Å². The number of nitrogens with zero attached hydrogens (tertiary/aromatic N) is 2. The summed E-state index contributed by atoms with van der Waals surface area (Å²) < 4.78 is 0. The van der Waals surface area contributed by atoms with Crippen molar-refractivity contribution < 1.29 is 9.90 Å². The summed E-state index contributed by atoms with van der Waals surface area (Å²) in [5.41, 5.74) is 6.38. The number of carbonyl (C=O) groups is 1. The van der Waals surface area contributed by atoms with E-state index in [9.17, 15) is 9.90 Å². The van der Waals surface area contributed by atoms with Crippen molar-refractivity contribution in [1.82, 2.24) is 9.88 Å². The summed E-state index contributed by atoms with van der Waals surface area (Å²) in [6.07, 6.45) is 4.19. The second kappa shape index (κ2) is 5.25. The third kappa shape index (κ3) is 2.62. The predicted octanol–water partition coefficient (Wildman–Crippen LogP) is 0.0647. The highest BCUT2D eigenvalue weighted by atomic mass is 16.3. The van der Waals surface area contributed by atoms with Gasteiger partial charge in [0.2, 0.25) is 5.91 Å². The average molecular weight is 235 g/mol. The fourth-order valence-electron chi connectivity index (χ4n) is 2.04. The molecular formula is C12H17N3O2. The molecule has 1 amide bonds. The third-order valence-electron chi connectivity index (χ3n) is 3.07. The lowest BCUT2D eigenvalue weighted by molar-refractivity contribution is -0.134. The zero-order valence-electron chi connectivity index (χ0n) is 9.62. The number of aliphatic hydroxyl groups excluding tert-OH is 1. The van der Waals surface area contributed by atoms with Gasteiger partial charge < -0.3 is 15.7 Å². The van der Waals surface area contributed by atoms with E-state index in [-0.39, 0.29) is 5.91 Å². The molecule has 1 aromatic heterocycles. The van der Waals surface area contributed by atoms with Crippen molar-refractivity contribution in [2.45, 2.75) is 25.0 Å². The summed E-state index contributed by atoms with van der Waals surface area (Å²) in [6, 6.07) is 2.53. The molecule has 0 aromatic carbocycles. The van der Waals surface area contributed by atoms with Gasteiger partial charge in [0, 0.05) is 31.0 Å². The number of aromatic nitrogens is 1. The van der Waals surface area contributed by atoms with E-state index >= 15 is 0 Å². The molecule has 0 aliphatic carbocycles. The molecule has 0 saturated carbocycles. The number of pyridine rings is 1. The Morgan fingerprint density at radius 2 is 2.18 bits per heavy atom. The SMILES string of the molecule is N[C@H](C(=O)N1CCCC1)[C@H](O)c1cccnc1. The molecule has 0 radical (unpaired) electrons. The van der Waals surface area contributed by atoms with Crippen molar-refractivity contribution in [3.63, 3.8) is 0 Å². The lowest BCUT2D eigenvalue weighted by atomic mass is 10.0. The first-order valence-electron chi connectivity index (χ1n) is 5.82. The minimum absolute atomic E-state index is 0.182. The van der Waals surface area contributed by atoms with Crippen LogP contribution in [0.3, 0.4) is 0 Å². The van der Waals surface area contributed by atoms with Gasteiger partial charge in [-0.1, -0.05) is 6.07 Å². The highest BCUT2D eigenvalue weighted by Gasteiger charge is 2.29. The molecule has 1 saturated heterocycles. The van der Waals surface area contributed by atoms with E-state index in [0.29, 0.717) is 5.56 Å². The summed E-state index contributed by atoms with van der Waals surface area (Å²) in [5, 5.41) is 10.0. The lowest BCUT2D eigenvalue weighted by Crippen LogP contribution is -2.45. The molecule has 92 valence electrons. The maximum absolute atomic E-state index is 12.0. The van der Waals surface area contributed by atoms with Gasteiger partial charge in [-0.2, -0.15) is 0 Å². The first-order valence-corrected chi connectivity index (χ1v) is 5.82. The van der Waals surface area contributed by atoms with E-state index in [1.165, 1.54) is 6.20 Å². The van der Waals surface area contributed by atoms with E-state index < -0.39 is 12.1 Å². The molecular weight excluding hydrogens is 218 g/mol. The van der Waals surface area contributed by atoms with Gasteiger partial charge in [-0.25, -0.2) is 0 Å². The number of amides is 1. The number of aliphatic hydroxyl groups is 1. The highest BCUT2D eigenvalue weighted by Crippen LogP contribution is 2.17. The molecule has 1 aliphatic rings. The Labute approximate surface area is 100 Å². The molecule has 17 heavy (non-hydrogen) atoms. The monoisotopic (exact) mass is 235 g/mol. The molecule has 1 aromatic rings. The predicted molar refractivity (Wildman–Crippen MR) is 63.0 cm³/mol. The summed E-state index contributed by atoms with van der Waals surface area (Å²) in [4.78, 5) is 17.6. The zero-order valence-corrected chi connectivity index (χ0v) is 9.62. The van der Waals surface area contributed by atoms with Crippen LogP contribution in [0.15, 0.2) is 24.5 Å². The largest absolute Gasteiger partial charge is 0.386 e. The average Bonchev–Trinajstić information content (AvgIpc) is 2.91. The van der Waals surface area contributed by atoms with Crippen molar-refractivity contribution in [2.75, 3.05) is 13.1 Å². The molecule has 3 N–H and O–H groups in total. The van der Waals surface area contributed by atoms with Crippen LogP contribution < -0.4 is 5.73 Å². The summed E-state index contributed by atoms with van der Waals surface area (Å²) in [6.45, 7) is 1.48. The Kier molecular flexibility index (Phi) is 3.71. The maximum Gasteiger partial charge on any atom is 0.242 e. The Hall–Kier alpha value is -1.46. The Morgan fingerprint density at radius 1 is 1.47 bits per heavy atom. The van der Waals surface area contributed by atoms with Crippen LogP contribution in [-0.2, 0) is 4.79 Å². The van der Waals surface area contributed by atoms with Crippen molar-refractivity contribution in [3.8, 4) is 0 Å². The molecule has 2 heterocycles. The second-order valence-electron chi connectivity index (χ2n) is 4.29. The van der Waals surface area contributed by atoms with Crippen molar-refractivity contribution in [1.29, 1.82) is 0 Å². The van der Waals surface area contributed by atoms with Gasteiger partial charge in [0.25, 0.3) is 0 Å². The molecule has 1 aliphatic heterocycles. The summed E-state index contributed by atoms with van der Waals surface area (Å²) in [5.74, 6) is -0.182. The molecule has 2 atom stereocenters. The van der Waals surface area contributed by atoms with Crippen LogP contribution in [0, 0.1) is 0 Å². The van der Waals surface area contributed by atoms with Crippen LogP contribution in [-0.4, -0.2) is 40.0 Å². The van der Waals surface area contributed by atoms with E-state index in [1.54, 1.807) is 23.2 Å². The minimum atomic E-state index is -0.989. The Balaban J connectivity index is 2.04. The van der Waals surface area contributed by atoms with Gasteiger partial charge in [-0.05, 0) is 18.9 Å². The fraction of sp³-hybridized carbons (Fsp3) is 0.500. The summed E-state index contributed by atoms with van der Waals surface area (Å²) >= 11 is 0. The van der Waals surface area contributed by atoms with Crippen molar-refractivity contribution in [3.05, 3.63) is 30.1 Å². The number of carbonyl (C=O) groups excluding carboxylic acids is 1. The van der Waals surface area contributed by atoms with Gasteiger partial charge in [-0.3, -0.25) is 9.78 Å². The first-order chi connectivity index (χ1) is 8.20. The minimum Gasteiger partial charge on any atom is -0.386 e. The zero-order chi connectivity index (χ0) is 12.3. The molecule has 0 unspecified atom stereocenters. The van der Waals surface area contributed by atoms with Crippen LogP contribution in [0.4, 0.5) is 0 Å². The van der Waals surface area contributed by atoms with Gasteiger partial charge in [0.15, 0.2) is 0 Å².